The molecule has 0 aliphatic carbocycles. The van der Waals surface area contributed by atoms with Gasteiger partial charge in [-0.1, -0.05) is 5.92 Å². The predicted octanol–water partition coefficient (Wildman–Crippen LogP) is -1.22. The molecule has 4 N–H and O–H groups in total. The normalized spacial score (nSPS) is 14.7. The highest BCUT2D eigenvalue weighted by Gasteiger charge is 2.19. The first-order valence-electron chi connectivity index (χ1n) is 2.68. The highest BCUT2D eigenvalue weighted by atomic mass is 16.4. The molecule has 0 unspecified atom stereocenters. The van der Waals surface area contributed by atoms with Crippen molar-refractivity contribution in [1.82, 2.24) is 0 Å². The van der Waals surface area contributed by atoms with Crippen LogP contribution in [0.15, 0.2) is 0 Å². The lowest BCUT2D eigenvalue weighted by Gasteiger charge is -2.06. The number of aliphatic hydroxyl groups excluding tert-OH is 1. The molecule has 0 radical (unpaired) electrons. The summed E-state index contributed by atoms with van der Waals surface area (Å²) in [4.78, 5) is 10.1. The van der Waals surface area contributed by atoms with Crippen LogP contribution in [0.3, 0.4) is 0 Å². The molecule has 0 amide bonds. The van der Waals surface area contributed by atoms with Gasteiger partial charge in [0.25, 0.3) is 0 Å². The van der Waals surface area contributed by atoms with Gasteiger partial charge in [-0.2, -0.15) is 0 Å². The van der Waals surface area contributed by atoms with Crippen molar-refractivity contribution >= 4 is 5.97 Å². The molecule has 0 heterocycles. The molecular formula is C6H9NO3. The van der Waals surface area contributed by atoms with Crippen molar-refractivity contribution in [3.63, 3.8) is 0 Å². The minimum absolute atomic E-state index is 1.25. The number of aliphatic hydroxyl groups is 1. The largest absolute Gasteiger partial charge is 0.480 e. The van der Waals surface area contributed by atoms with E-state index in [0.717, 1.165) is 0 Å². The van der Waals surface area contributed by atoms with Crippen molar-refractivity contribution in [2.45, 2.75) is 19.1 Å². The molecule has 0 aromatic carbocycles. The predicted molar refractivity (Wildman–Crippen MR) is 35.1 cm³/mol. The average Bonchev–Trinajstić information content (AvgIpc) is 1.87. The molecule has 4 heteroatoms. The van der Waals surface area contributed by atoms with Crippen LogP contribution in [0.2, 0.25) is 0 Å². The van der Waals surface area contributed by atoms with Gasteiger partial charge in [-0.25, -0.2) is 0 Å². The third kappa shape index (κ3) is 2.49. The highest BCUT2D eigenvalue weighted by Crippen LogP contribution is 1.87. The quantitative estimate of drug-likeness (QED) is 0.423. The third-order valence-corrected chi connectivity index (χ3v) is 0.918. The molecule has 0 bridgehead atoms. The molecule has 0 aliphatic rings. The van der Waals surface area contributed by atoms with Crippen LogP contribution in [-0.4, -0.2) is 28.3 Å². The summed E-state index contributed by atoms with van der Waals surface area (Å²) in [7, 11) is 0. The lowest BCUT2D eigenvalue weighted by molar-refractivity contribution is -0.140. The Hall–Kier alpha value is -1.05. The topological polar surface area (TPSA) is 83.5 Å². The van der Waals surface area contributed by atoms with Crippen molar-refractivity contribution in [2.24, 2.45) is 5.73 Å². The van der Waals surface area contributed by atoms with E-state index in [1.54, 1.807) is 0 Å². The van der Waals surface area contributed by atoms with Gasteiger partial charge in [0, 0.05) is 0 Å². The van der Waals surface area contributed by atoms with E-state index < -0.39 is 18.1 Å². The number of nitrogens with two attached hydrogens (primary N) is 1. The van der Waals surface area contributed by atoms with E-state index in [1.807, 2.05) is 0 Å². The fraction of sp³-hybridized carbons (Fsp3) is 0.500. The Morgan fingerprint density at radius 1 is 1.70 bits per heavy atom. The Kier molecular flexibility index (Phi) is 3.47. The fourth-order valence-electron chi connectivity index (χ4n) is 0.373. The Bertz CT molecular complexity index is 179. The van der Waals surface area contributed by atoms with Crippen LogP contribution in [0.25, 0.3) is 0 Å². The van der Waals surface area contributed by atoms with Crippen molar-refractivity contribution < 1.29 is 15.0 Å². The molecule has 4 nitrogen and oxygen atoms in total. The zero-order valence-electron chi connectivity index (χ0n) is 5.53. The van der Waals surface area contributed by atoms with Gasteiger partial charge < -0.3 is 15.9 Å². The van der Waals surface area contributed by atoms with Crippen molar-refractivity contribution in [3.8, 4) is 11.8 Å². The van der Waals surface area contributed by atoms with Gasteiger partial charge in [-0.05, 0) is 6.92 Å². The number of hydrogen-bond donors (Lipinski definition) is 3. The number of carboxylic acids is 1. The third-order valence-electron chi connectivity index (χ3n) is 0.918. The summed E-state index contributed by atoms with van der Waals surface area (Å²) < 4.78 is 0. The van der Waals surface area contributed by atoms with E-state index in [-0.39, 0.29) is 0 Å². The van der Waals surface area contributed by atoms with Crippen molar-refractivity contribution in [3.05, 3.63) is 0 Å². The summed E-state index contributed by atoms with van der Waals surface area (Å²) in [5.74, 6) is 3.33. The summed E-state index contributed by atoms with van der Waals surface area (Å²) in [5, 5.41) is 17.0. The minimum atomic E-state index is -1.31. The van der Waals surface area contributed by atoms with E-state index >= 15 is 0 Å². The van der Waals surface area contributed by atoms with Gasteiger partial charge in [0.1, 0.15) is 12.1 Å². The van der Waals surface area contributed by atoms with Crippen LogP contribution < -0.4 is 5.73 Å². The maximum Gasteiger partial charge on any atom is 0.324 e. The molecular weight excluding hydrogens is 134 g/mol. The zero-order chi connectivity index (χ0) is 8.15. The van der Waals surface area contributed by atoms with Gasteiger partial charge in [0.05, 0.1) is 0 Å². The summed E-state index contributed by atoms with van der Waals surface area (Å²) in [6.07, 6.45) is -1.28. The van der Waals surface area contributed by atoms with E-state index in [9.17, 15) is 4.79 Å². The maximum atomic E-state index is 10.1. The lowest BCUT2D eigenvalue weighted by atomic mass is 10.2. The van der Waals surface area contributed by atoms with E-state index in [4.69, 9.17) is 15.9 Å². The monoisotopic (exact) mass is 143 g/mol. The molecule has 56 valence electrons. The van der Waals surface area contributed by atoms with Crippen molar-refractivity contribution in [2.75, 3.05) is 0 Å². The van der Waals surface area contributed by atoms with E-state index in [2.05, 4.69) is 11.8 Å². The number of rotatable bonds is 2. The zero-order valence-corrected chi connectivity index (χ0v) is 5.53. The summed E-state index contributed by atoms with van der Waals surface area (Å²) >= 11 is 0. The highest BCUT2D eigenvalue weighted by molar-refractivity contribution is 5.74. The summed E-state index contributed by atoms with van der Waals surface area (Å²) in [5.41, 5.74) is 4.99. The standard InChI is InChI=1S/C6H9NO3/c1-2-3-4(8)5(7)6(9)10/h4-5,8H,7H2,1H3,(H,9,10)/t4-,5-/m0/s1. The van der Waals surface area contributed by atoms with Gasteiger partial charge in [0.2, 0.25) is 0 Å². The first-order valence-corrected chi connectivity index (χ1v) is 2.68. The van der Waals surface area contributed by atoms with Crippen LogP contribution in [0, 0.1) is 11.8 Å². The van der Waals surface area contributed by atoms with Crippen LogP contribution in [-0.2, 0) is 4.79 Å². The fourth-order valence-corrected chi connectivity index (χ4v) is 0.373. The van der Waals surface area contributed by atoms with Gasteiger partial charge >= 0.3 is 5.97 Å². The molecule has 0 spiro atoms. The molecule has 10 heavy (non-hydrogen) atoms. The van der Waals surface area contributed by atoms with Gasteiger partial charge in [0.15, 0.2) is 0 Å². The number of carboxylic acid groups (broad SMARTS) is 1. The molecule has 0 fully saturated rings. The number of carbonyl (C=O) groups is 1. The molecule has 2 atom stereocenters. The first-order chi connectivity index (χ1) is 4.59. The van der Waals surface area contributed by atoms with Gasteiger partial charge in [-0.15, -0.1) is 5.92 Å². The smallest absolute Gasteiger partial charge is 0.324 e. The second kappa shape index (κ2) is 3.88. The maximum absolute atomic E-state index is 10.1. The first kappa shape index (κ1) is 8.95. The average molecular weight is 143 g/mol. The molecule has 0 rings (SSSR count). The SMILES string of the molecule is CC#C[C@H](O)[C@H](N)C(=O)O. The number of aliphatic carboxylic acids is 1. The molecule has 0 saturated heterocycles. The van der Waals surface area contributed by atoms with Crippen LogP contribution in [0.4, 0.5) is 0 Å². The van der Waals surface area contributed by atoms with Crippen LogP contribution in [0.1, 0.15) is 6.92 Å². The Morgan fingerprint density at radius 2 is 2.20 bits per heavy atom. The summed E-state index contributed by atoms with van der Waals surface area (Å²) in [6.45, 7) is 1.50. The van der Waals surface area contributed by atoms with Crippen molar-refractivity contribution in [1.29, 1.82) is 0 Å². The second-order valence-corrected chi connectivity index (χ2v) is 1.70. The minimum Gasteiger partial charge on any atom is -0.480 e. The Morgan fingerprint density at radius 3 is 2.50 bits per heavy atom. The second-order valence-electron chi connectivity index (χ2n) is 1.70. The molecule has 0 aliphatic heterocycles. The number of hydrogen-bond acceptors (Lipinski definition) is 3. The molecule has 0 aromatic heterocycles. The molecule has 0 saturated carbocycles. The molecule has 0 aromatic rings. The van der Waals surface area contributed by atoms with Gasteiger partial charge in [-0.3, -0.25) is 4.79 Å². The van der Waals surface area contributed by atoms with E-state index in [0.29, 0.717) is 0 Å². The Labute approximate surface area is 58.7 Å². The van der Waals surface area contributed by atoms with Crippen LogP contribution >= 0.6 is 0 Å². The Balaban J connectivity index is 4.02. The lowest BCUT2D eigenvalue weighted by Crippen LogP contribution is -2.40. The van der Waals surface area contributed by atoms with E-state index in [1.165, 1.54) is 6.92 Å². The summed E-state index contributed by atoms with van der Waals surface area (Å²) in [6, 6.07) is -1.31. The van der Waals surface area contributed by atoms with Crippen LogP contribution in [0.5, 0.6) is 0 Å².